The molecule has 1 heterocycles. The highest BCUT2D eigenvalue weighted by molar-refractivity contribution is 6.94. The normalized spacial score (nSPS) is 20.9. The molecule has 4 aromatic rings. The van der Waals surface area contributed by atoms with Gasteiger partial charge in [0.15, 0.2) is 0 Å². The van der Waals surface area contributed by atoms with Gasteiger partial charge in [0.1, 0.15) is 0 Å². The molecule has 184 valence electrons. The number of nitrogens with zero attached hydrogens (tertiary/aromatic N) is 1. The van der Waals surface area contributed by atoms with E-state index >= 15 is 0 Å². The average Bonchev–Trinajstić information content (AvgIpc) is 3.48. The minimum Gasteiger partial charge on any atom is -0.335 e. The smallest absolute Gasteiger partial charge is 0.0806 e. The third kappa shape index (κ3) is 3.53. The summed E-state index contributed by atoms with van der Waals surface area (Å²) in [5, 5.41) is 8.52. The summed E-state index contributed by atoms with van der Waals surface area (Å²) in [4.78, 5) is 2.70. The third-order valence-corrected chi connectivity index (χ3v) is 14.7. The molecule has 1 saturated carbocycles. The summed E-state index contributed by atoms with van der Waals surface area (Å²) >= 11 is 0. The monoisotopic (exact) mass is 569 g/mol. The highest BCUT2D eigenvalue weighted by Gasteiger charge is 2.76. The van der Waals surface area contributed by atoms with E-state index in [9.17, 15) is 0 Å². The summed E-state index contributed by atoms with van der Waals surface area (Å²) in [6, 6.07) is 27.0. The topological polar surface area (TPSA) is 3.01 Å². The number of para-hydroxylation sites is 1. The van der Waals surface area contributed by atoms with Crippen LogP contribution in [0.15, 0.2) is 72.8 Å². The second-order valence-corrected chi connectivity index (χ2v) is 19.9. The van der Waals surface area contributed by atoms with Gasteiger partial charge in [0.05, 0.1) is 13.9 Å². The summed E-state index contributed by atoms with van der Waals surface area (Å²) < 4.78 is -0.579. The Morgan fingerprint density at radius 1 is 0.711 bits per heavy atom. The fraction of sp³-hybridized carbons (Fsp3) is 0.344. The number of hydrogen-bond donors (Lipinski definition) is 0. The van der Waals surface area contributed by atoms with Crippen LogP contribution in [0.25, 0.3) is 21.5 Å². The van der Waals surface area contributed by atoms with Crippen molar-refractivity contribution in [3.63, 3.8) is 0 Å². The van der Waals surface area contributed by atoms with Gasteiger partial charge in [-0.3, -0.25) is 0 Å². The van der Waals surface area contributed by atoms with E-state index in [1.807, 2.05) is 0 Å². The Hall–Kier alpha value is -1.85. The lowest BCUT2D eigenvalue weighted by atomic mass is 10.0. The highest BCUT2D eigenvalue weighted by atomic mass is 28.2. The van der Waals surface area contributed by atoms with Crippen molar-refractivity contribution >= 4 is 87.1 Å². The van der Waals surface area contributed by atoms with E-state index in [0.29, 0.717) is 0 Å². The molecule has 1 aliphatic heterocycles. The van der Waals surface area contributed by atoms with Crippen molar-refractivity contribution in [3.05, 3.63) is 83.9 Å². The number of aryl methyl sites for hydroxylation is 2. The van der Waals surface area contributed by atoms with Gasteiger partial charge in [-0.15, -0.1) is 0 Å². The van der Waals surface area contributed by atoms with Crippen molar-refractivity contribution in [3.8, 4) is 0 Å². The second kappa shape index (κ2) is 8.57. The Morgan fingerprint density at radius 2 is 1.18 bits per heavy atom. The Kier molecular flexibility index (Phi) is 5.95. The van der Waals surface area contributed by atoms with Crippen LogP contribution in [0.1, 0.15) is 44.7 Å². The lowest BCUT2D eigenvalue weighted by Gasteiger charge is -2.37. The van der Waals surface area contributed by atoms with Crippen LogP contribution in [0.3, 0.4) is 0 Å². The molecule has 1 aliphatic carbocycles. The molecule has 6 rings (SSSR count). The Morgan fingerprint density at radius 3 is 1.66 bits per heavy atom. The maximum atomic E-state index is 4.31. The van der Waals surface area contributed by atoms with E-state index < -0.39 is 8.41 Å². The van der Waals surface area contributed by atoms with Gasteiger partial charge in [0.25, 0.3) is 0 Å². The van der Waals surface area contributed by atoms with Crippen LogP contribution in [-0.4, -0.2) is 60.2 Å². The average molecular weight is 570 g/mol. The van der Waals surface area contributed by atoms with Crippen LogP contribution >= 0.6 is 0 Å². The maximum Gasteiger partial charge on any atom is 0.0806 e. The first-order valence-electron chi connectivity index (χ1n) is 13.4. The summed E-state index contributed by atoms with van der Waals surface area (Å²) in [7, 11) is 15.9. The number of fused-ring (bicyclic) bond motifs is 2. The highest BCUT2D eigenvalue weighted by Crippen LogP contribution is 2.72. The molecule has 0 N–H and O–H groups in total. The summed E-state index contributed by atoms with van der Waals surface area (Å²) in [5.74, 6) is 0. The molecule has 2 fully saturated rings. The van der Waals surface area contributed by atoms with Crippen LogP contribution < -0.4 is 10.1 Å². The van der Waals surface area contributed by atoms with Gasteiger partial charge < -0.3 is 4.90 Å². The van der Waals surface area contributed by atoms with Crippen molar-refractivity contribution in [1.29, 1.82) is 0 Å². The lowest BCUT2D eigenvalue weighted by molar-refractivity contribution is 0.627. The van der Waals surface area contributed by atoms with Crippen LogP contribution in [0.5, 0.6) is 0 Å². The molecule has 0 bridgehead atoms. The Balaban J connectivity index is 1.84. The van der Waals surface area contributed by atoms with Gasteiger partial charge in [-0.05, 0) is 72.1 Å². The number of benzene rings is 4. The van der Waals surface area contributed by atoms with Crippen molar-refractivity contribution in [2.24, 2.45) is 0 Å². The van der Waals surface area contributed by atoms with Crippen LogP contribution in [0.2, 0.25) is 14.4 Å². The number of hydrogen-bond acceptors (Lipinski definition) is 1. The van der Waals surface area contributed by atoms with Gasteiger partial charge >= 0.3 is 0 Å². The van der Waals surface area contributed by atoms with E-state index in [4.69, 9.17) is 0 Å². The Labute approximate surface area is 242 Å². The molecule has 1 saturated heterocycles. The van der Waals surface area contributed by atoms with Crippen molar-refractivity contribution in [1.82, 2.24) is 0 Å². The molecule has 1 nitrogen and oxygen atoms in total. The number of anilines is 1. The minimum atomic E-state index is -1.33. The molecule has 38 heavy (non-hydrogen) atoms. The zero-order valence-electron chi connectivity index (χ0n) is 22.8. The third-order valence-electron chi connectivity index (χ3n) is 8.63. The number of rotatable bonds is 2. The molecule has 6 heteroatoms. The summed E-state index contributed by atoms with van der Waals surface area (Å²) in [5.41, 5.74) is 3.67. The molecule has 4 aromatic carbocycles. The Bertz CT molecular complexity index is 1550. The van der Waals surface area contributed by atoms with Crippen LogP contribution in [-0.2, 0) is 0 Å². The van der Waals surface area contributed by atoms with E-state index in [-0.39, 0.29) is 19.9 Å². The van der Waals surface area contributed by atoms with Crippen molar-refractivity contribution in [2.75, 3.05) is 4.90 Å². The maximum absolute atomic E-state index is 4.31. The summed E-state index contributed by atoms with van der Waals surface area (Å²) in [6.45, 7) is 11.8. The zero-order chi connectivity index (χ0) is 27.3. The molecule has 0 amide bonds. The van der Waals surface area contributed by atoms with E-state index in [0.717, 1.165) is 12.8 Å². The molecular weight excluding hydrogens is 539 g/mol. The minimum absolute atomic E-state index is 0.0525. The summed E-state index contributed by atoms with van der Waals surface area (Å²) in [6.07, 6.45) is 1.99. The van der Waals surface area contributed by atoms with E-state index in [1.165, 1.54) is 43.5 Å². The first-order chi connectivity index (χ1) is 17.8. The van der Waals surface area contributed by atoms with Gasteiger partial charge in [-0.1, -0.05) is 100 Å². The van der Waals surface area contributed by atoms with Crippen molar-refractivity contribution < 1.29 is 0 Å². The second-order valence-electron chi connectivity index (χ2n) is 12.3. The largest absolute Gasteiger partial charge is 0.335 e. The van der Waals surface area contributed by atoms with E-state index in [2.05, 4.69) is 153 Å². The molecule has 1 spiro atoms. The van der Waals surface area contributed by atoms with Gasteiger partial charge in [-0.25, -0.2) is 0 Å². The van der Waals surface area contributed by atoms with Crippen molar-refractivity contribution in [2.45, 2.75) is 67.4 Å². The standard InChI is InChI=1S/C32H31NSi5/c1-20-11-10-12-21(2)26(20)33-28(32(33)30(34,35)17-18-31(32,36)37)38(29(3,4)5)27-24-15-8-6-13-22(24)19-23-14-7-9-16-25(23)27/h6-16,19H,17-18H2,1-5H3/b38-28+. The van der Waals surface area contributed by atoms with Crippen LogP contribution in [0.4, 0.5) is 5.69 Å². The lowest BCUT2D eigenvalue weighted by Crippen LogP contribution is -2.44. The fourth-order valence-corrected chi connectivity index (χ4v) is 14.3. The quantitative estimate of drug-likeness (QED) is 0.168. The predicted molar refractivity (Wildman–Crippen MR) is 170 cm³/mol. The predicted octanol–water partition coefficient (Wildman–Crippen LogP) is 5.78. The molecule has 0 aromatic heterocycles. The molecule has 0 unspecified atom stereocenters. The van der Waals surface area contributed by atoms with Gasteiger partial charge in [0, 0.05) is 52.0 Å². The van der Waals surface area contributed by atoms with E-state index in [1.54, 1.807) is 5.29 Å². The first-order valence-corrected chi connectivity index (χ1v) is 16.9. The zero-order valence-corrected chi connectivity index (χ0v) is 27.8. The molecule has 0 atom stereocenters. The first kappa shape index (κ1) is 26.4. The molecule has 2 aliphatic rings. The van der Waals surface area contributed by atoms with Gasteiger partial charge in [-0.2, -0.15) is 0 Å². The fourth-order valence-electron chi connectivity index (χ4n) is 7.00. The van der Waals surface area contributed by atoms with Gasteiger partial charge in [0.2, 0.25) is 0 Å². The van der Waals surface area contributed by atoms with Crippen LogP contribution in [0, 0.1) is 13.8 Å². The SMILES string of the molecule is Cc1cccc(C)c1N1/C(=[Si](\c2c3ccccc3cc3ccccc23)C(C)(C)C)C12C([Si])([Si])CCC2([Si])[Si]. The molecular formula is C32H31NSi5. The molecule has 12 radical (unpaired) electrons.